The van der Waals surface area contributed by atoms with Crippen molar-refractivity contribution in [2.45, 2.75) is 30.5 Å². The minimum absolute atomic E-state index is 0.0316. The molecular weight excluding hydrogens is 318 g/mol. The number of halogens is 1. The van der Waals surface area contributed by atoms with Gasteiger partial charge in [-0.15, -0.1) is 0 Å². The number of carbonyl (C=O) groups excluding carboxylic acids is 1. The van der Waals surface area contributed by atoms with Crippen LogP contribution in [0.3, 0.4) is 0 Å². The Kier molecular flexibility index (Phi) is 4.10. The number of fused-ring (bicyclic) bond motifs is 1. The van der Waals surface area contributed by atoms with Crippen LogP contribution < -0.4 is 5.32 Å². The zero-order chi connectivity index (χ0) is 13.9. The van der Waals surface area contributed by atoms with Gasteiger partial charge in [-0.25, -0.2) is 0 Å². The minimum Gasteiger partial charge on any atom is -0.463 e. The normalized spacial score (nSPS) is 22.9. The minimum atomic E-state index is -0.0316. The van der Waals surface area contributed by atoms with Gasteiger partial charge in [0.1, 0.15) is 11.8 Å². The van der Waals surface area contributed by atoms with Crippen molar-refractivity contribution in [2.24, 2.45) is 5.92 Å². The topological polar surface area (TPSA) is 42.2 Å². The zero-order valence-electron chi connectivity index (χ0n) is 11.3. The second-order valence-corrected chi connectivity index (χ2v) is 6.77. The van der Waals surface area contributed by atoms with Gasteiger partial charge in [0, 0.05) is 16.8 Å². The van der Waals surface area contributed by atoms with Crippen molar-refractivity contribution < 1.29 is 9.21 Å². The molecule has 3 rings (SSSR count). The van der Waals surface area contributed by atoms with Gasteiger partial charge in [-0.2, -0.15) is 0 Å². The quantitative estimate of drug-likeness (QED) is 0.857. The van der Waals surface area contributed by atoms with Crippen LogP contribution in [0.5, 0.6) is 0 Å². The summed E-state index contributed by atoms with van der Waals surface area (Å²) in [5, 5.41) is 3.93. The molecule has 1 saturated carbocycles. The van der Waals surface area contributed by atoms with Crippen LogP contribution in [-0.4, -0.2) is 17.3 Å². The summed E-state index contributed by atoms with van der Waals surface area (Å²) in [6, 6.07) is 7.63. The summed E-state index contributed by atoms with van der Waals surface area (Å²) in [5.41, 5.74) is 1.40. The van der Waals surface area contributed by atoms with E-state index in [9.17, 15) is 4.79 Å². The molecule has 0 bridgehead atoms. The summed E-state index contributed by atoms with van der Waals surface area (Å²) in [7, 11) is 0. The highest BCUT2D eigenvalue weighted by Crippen LogP contribution is 2.28. The Labute approximate surface area is 126 Å². The monoisotopic (exact) mass is 335 g/mol. The second-order valence-electron chi connectivity index (χ2n) is 5.47. The van der Waals surface area contributed by atoms with E-state index in [0.717, 1.165) is 17.5 Å². The highest BCUT2D eigenvalue weighted by molar-refractivity contribution is 9.09. The third kappa shape index (κ3) is 2.90. The highest BCUT2D eigenvalue weighted by Gasteiger charge is 2.20. The predicted octanol–water partition coefficient (Wildman–Crippen LogP) is 4.12. The molecule has 1 heterocycles. The number of hydrogen-bond acceptors (Lipinski definition) is 2. The lowest BCUT2D eigenvalue weighted by Crippen LogP contribution is -2.31. The van der Waals surface area contributed by atoms with Gasteiger partial charge in [0.25, 0.3) is 5.91 Å². The molecule has 1 aromatic carbocycles. The first-order valence-electron chi connectivity index (χ1n) is 7.12. The maximum Gasteiger partial charge on any atom is 0.255 e. The van der Waals surface area contributed by atoms with E-state index in [1.54, 1.807) is 6.26 Å². The van der Waals surface area contributed by atoms with E-state index in [-0.39, 0.29) is 5.91 Å². The molecule has 0 saturated heterocycles. The Hall–Kier alpha value is -1.29. The number of nitrogens with one attached hydrogen (secondary N) is 1. The molecule has 1 aromatic heterocycles. The molecular formula is C16H18BrNO2. The average molecular weight is 336 g/mol. The van der Waals surface area contributed by atoms with E-state index in [1.807, 2.05) is 24.3 Å². The Morgan fingerprint density at radius 1 is 1.25 bits per heavy atom. The molecule has 0 atom stereocenters. The number of rotatable bonds is 3. The molecule has 1 aliphatic carbocycles. The van der Waals surface area contributed by atoms with Gasteiger partial charge in [-0.05, 0) is 37.7 Å². The molecule has 1 amide bonds. The van der Waals surface area contributed by atoms with Gasteiger partial charge < -0.3 is 9.73 Å². The Morgan fingerprint density at radius 3 is 2.80 bits per heavy atom. The van der Waals surface area contributed by atoms with Gasteiger partial charge in [-0.3, -0.25) is 4.79 Å². The molecule has 1 N–H and O–H groups in total. The van der Waals surface area contributed by atoms with Gasteiger partial charge in [0.2, 0.25) is 0 Å². The third-order valence-electron chi connectivity index (χ3n) is 4.05. The number of furan rings is 1. The fourth-order valence-electron chi connectivity index (χ4n) is 2.81. The standard InChI is InChI=1S/C16H18BrNO2/c17-12-7-5-11(6-8-12)9-18-16(19)14-10-20-15-4-2-1-3-13(14)15/h1-4,10-12H,5-9H2,(H,18,19). The van der Waals surface area contributed by atoms with Crippen LogP contribution in [0.4, 0.5) is 0 Å². The summed E-state index contributed by atoms with van der Waals surface area (Å²) in [6.07, 6.45) is 6.32. The van der Waals surface area contributed by atoms with E-state index < -0.39 is 0 Å². The van der Waals surface area contributed by atoms with Crippen LogP contribution in [0, 0.1) is 5.92 Å². The van der Waals surface area contributed by atoms with Crippen molar-refractivity contribution in [1.29, 1.82) is 0 Å². The largest absolute Gasteiger partial charge is 0.463 e. The highest BCUT2D eigenvalue weighted by atomic mass is 79.9. The third-order valence-corrected chi connectivity index (χ3v) is 4.97. The van der Waals surface area contributed by atoms with Gasteiger partial charge >= 0.3 is 0 Å². The summed E-state index contributed by atoms with van der Waals surface area (Å²) in [4.78, 5) is 12.9. The van der Waals surface area contributed by atoms with E-state index >= 15 is 0 Å². The van der Waals surface area contributed by atoms with E-state index in [2.05, 4.69) is 21.2 Å². The van der Waals surface area contributed by atoms with Crippen LogP contribution >= 0.6 is 15.9 Å². The van der Waals surface area contributed by atoms with Crippen LogP contribution in [0.25, 0.3) is 11.0 Å². The molecule has 3 nitrogen and oxygen atoms in total. The Balaban J connectivity index is 1.62. The molecule has 0 aliphatic heterocycles. The van der Waals surface area contributed by atoms with E-state index in [4.69, 9.17) is 4.42 Å². The number of hydrogen-bond donors (Lipinski definition) is 1. The van der Waals surface area contributed by atoms with Crippen LogP contribution in [0.15, 0.2) is 34.9 Å². The molecule has 1 aliphatic rings. The van der Waals surface area contributed by atoms with Gasteiger partial charge in [0.05, 0.1) is 5.56 Å². The predicted molar refractivity (Wildman–Crippen MR) is 83.2 cm³/mol. The molecule has 2 aromatic rings. The first-order chi connectivity index (χ1) is 9.74. The number of amides is 1. The van der Waals surface area contributed by atoms with Crippen LogP contribution in [0.2, 0.25) is 0 Å². The first kappa shape index (κ1) is 13.7. The molecule has 1 fully saturated rings. The molecule has 106 valence electrons. The molecule has 0 unspecified atom stereocenters. The van der Waals surface area contributed by atoms with Gasteiger partial charge in [-0.1, -0.05) is 34.1 Å². The first-order valence-corrected chi connectivity index (χ1v) is 8.04. The number of benzene rings is 1. The average Bonchev–Trinajstić information content (AvgIpc) is 2.90. The molecule has 4 heteroatoms. The van der Waals surface area contributed by atoms with E-state index in [0.29, 0.717) is 16.3 Å². The van der Waals surface area contributed by atoms with E-state index in [1.165, 1.54) is 25.7 Å². The van der Waals surface area contributed by atoms with Crippen molar-refractivity contribution in [1.82, 2.24) is 5.32 Å². The number of para-hydroxylation sites is 1. The summed E-state index contributed by atoms with van der Waals surface area (Å²) in [5.74, 6) is 0.571. The lowest BCUT2D eigenvalue weighted by Gasteiger charge is -2.25. The maximum atomic E-state index is 12.2. The lowest BCUT2D eigenvalue weighted by atomic mass is 9.89. The van der Waals surface area contributed by atoms with Crippen molar-refractivity contribution in [3.63, 3.8) is 0 Å². The smallest absolute Gasteiger partial charge is 0.255 e. The van der Waals surface area contributed by atoms with Crippen molar-refractivity contribution >= 4 is 32.8 Å². The SMILES string of the molecule is O=C(NCC1CCC(Br)CC1)c1coc2ccccc12. The van der Waals surface area contributed by atoms with Crippen molar-refractivity contribution in [2.75, 3.05) is 6.54 Å². The molecule has 20 heavy (non-hydrogen) atoms. The lowest BCUT2D eigenvalue weighted by molar-refractivity contribution is 0.0944. The van der Waals surface area contributed by atoms with Crippen LogP contribution in [0.1, 0.15) is 36.0 Å². The number of carbonyl (C=O) groups is 1. The maximum absolute atomic E-state index is 12.2. The van der Waals surface area contributed by atoms with Crippen molar-refractivity contribution in [3.8, 4) is 0 Å². The second kappa shape index (κ2) is 6.00. The summed E-state index contributed by atoms with van der Waals surface area (Å²) < 4.78 is 5.41. The van der Waals surface area contributed by atoms with Crippen LogP contribution in [-0.2, 0) is 0 Å². The fourth-order valence-corrected chi connectivity index (χ4v) is 3.34. The fraction of sp³-hybridized carbons (Fsp3) is 0.438. The van der Waals surface area contributed by atoms with Gasteiger partial charge in [0.15, 0.2) is 0 Å². The molecule has 0 radical (unpaired) electrons. The Morgan fingerprint density at radius 2 is 2.00 bits per heavy atom. The summed E-state index contributed by atoms with van der Waals surface area (Å²) in [6.45, 7) is 0.762. The Bertz CT molecular complexity index is 599. The number of alkyl halides is 1. The van der Waals surface area contributed by atoms with Crippen molar-refractivity contribution in [3.05, 3.63) is 36.1 Å². The zero-order valence-corrected chi connectivity index (χ0v) is 12.9. The molecule has 0 spiro atoms. The summed E-state index contributed by atoms with van der Waals surface area (Å²) >= 11 is 3.65.